The van der Waals surface area contributed by atoms with Gasteiger partial charge < -0.3 is 23.8 Å². The highest BCUT2D eigenvalue weighted by Crippen LogP contribution is 2.38. The Bertz CT molecular complexity index is 901. The van der Waals surface area contributed by atoms with E-state index in [2.05, 4.69) is 4.90 Å². The average molecular weight is 399 g/mol. The van der Waals surface area contributed by atoms with E-state index >= 15 is 0 Å². The van der Waals surface area contributed by atoms with Crippen LogP contribution in [0, 0.1) is 6.92 Å². The van der Waals surface area contributed by atoms with E-state index < -0.39 is 11.9 Å². The largest absolute Gasteiger partial charge is 0.497 e. The second-order valence-electron chi connectivity index (χ2n) is 6.65. The molecular weight excluding hydrogens is 374 g/mol. The molecule has 0 aromatic heterocycles. The monoisotopic (exact) mass is 399 g/mol. The van der Waals surface area contributed by atoms with Gasteiger partial charge in [-0.3, -0.25) is 0 Å². The number of rotatable bonds is 5. The summed E-state index contributed by atoms with van der Waals surface area (Å²) in [7, 11) is 4.24. The average Bonchev–Trinajstić information content (AvgIpc) is 2.78. The Balaban J connectivity index is 2.33. The van der Waals surface area contributed by atoms with E-state index in [1.165, 1.54) is 14.2 Å². The number of ether oxygens (including phenoxy) is 4. The van der Waals surface area contributed by atoms with E-state index in [-0.39, 0.29) is 0 Å². The van der Waals surface area contributed by atoms with Crippen molar-refractivity contribution in [1.82, 2.24) is 0 Å². The van der Waals surface area contributed by atoms with Gasteiger partial charge in [-0.25, -0.2) is 9.59 Å². The van der Waals surface area contributed by atoms with Gasteiger partial charge in [0.25, 0.3) is 0 Å². The molecule has 0 bridgehead atoms. The summed E-state index contributed by atoms with van der Waals surface area (Å²) in [6.07, 6.45) is 0. The van der Waals surface area contributed by atoms with Crippen LogP contribution in [0.2, 0.25) is 0 Å². The van der Waals surface area contributed by atoms with Crippen molar-refractivity contribution in [1.29, 1.82) is 0 Å². The third-order valence-electron chi connectivity index (χ3n) is 5.01. The van der Waals surface area contributed by atoms with Gasteiger partial charge in [-0.2, -0.15) is 0 Å². The maximum absolute atomic E-state index is 12.9. The lowest BCUT2D eigenvalue weighted by atomic mass is 9.89. The van der Waals surface area contributed by atoms with Crippen molar-refractivity contribution in [2.24, 2.45) is 0 Å². The highest BCUT2D eigenvalue weighted by molar-refractivity contribution is 6.10. The molecule has 1 saturated heterocycles. The summed E-state index contributed by atoms with van der Waals surface area (Å²) in [5.74, 6) is -0.344. The molecule has 29 heavy (non-hydrogen) atoms. The number of hydrogen-bond donors (Lipinski definition) is 0. The SMILES string of the molecule is COC(=O)c1c(C)cc(N2CCOCC2)c(C(=O)OC)c1-c1ccc(OC)cc1. The van der Waals surface area contributed by atoms with E-state index in [9.17, 15) is 9.59 Å². The Kier molecular flexibility index (Phi) is 6.39. The number of benzene rings is 2. The first-order valence-electron chi connectivity index (χ1n) is 9.33. The quantitative estimate of drug-likeness (QED) is 0.715. The third-order valence-corrected chi connectivity index (χ3v) is 5.01. The molecule has 1 aliphatic rings. The summed E-state index contributed by atoms with van der Waals surface area (Å²) >= 11 is 0. The number of morpholine rings is 1. The Morgan fingerprint density at radius 2 is 1.52 bits per heavy atom. The van der Waals surface area contributed by atoms with Crippen LogP contribution in [0.15, 0.2) is 30.3 Å². The molecule has 0 saturated carbocycles. The summed E-state index contributed by atoms with van der Waals surface area (Å²) in [4.78, 5) is 27.7. The number of carbonyl (C=O) groups excluding carboxylic acids is 2. The number of nitrogens with zero attached hydrogens (tertiary/aromatic N) is 1. The maximum Gasteiger partial charge on any atom is 0.340 e. The van der Waals surface area contributed by atoms with E-state index in [1.807, 2.05) is 25.1 Å². The molecule has 0 atom stereocenters. The lowest BCUT2D eigenvalue weighted by Crippen LogP contribution is -2.37. The number of methoxy groups -OCH3 is 3. The van der Waals surface area contributed by atoms with Gasteiger partial charge in [0.1, 0.15) is 5.75 Å². The second kappa shape index (κ2) is 8.96. The molecule has 0 amide bonds. The minimum atomic E-state index is -0.512. The zero-order valence-electron chi connectivity index (χ0n) is 17.1. The molecule has 2 aromatic rings. The van der Waals surface area contributed by atoms with Crippen LogP contribution in [-0.4, -0.2) is 59.6 Å². The van der Waals surface area contributed by atoms with Crippen molar-refractivity contribution in [2.75, 3.05) is 52.5 Å². The summed E-state index contributed by atoms with van der Waals surface area (Å²) in [5.41, 5.74) is 3.31. The van der Waals surface area contributed by atoms with Crippen LogP contribution in [0.5, 0.6) is 5.75 Å². The fourth-order valence-corrected chi connectivity index (χ4v) is 3.57. The minimum Gasteiger partial charge on any atom is -0.497 e. The third kappa shape index (κ3) is 4.05. The lowest BCUT2D eigenvalue weighted by molar-refractivity contribution is 0.0600. The van der Waals surface area contributed by atoms with Crippen LogP contribution in [0.1, 0.15) is 26.3 Å². The molecule has 1 aliphatic heterocycles. The molecule has 0 aliphatic carbocycles. The van der Waals surface area contributed by atoms with Crippen LogP contribution in [-0.2, 0) is 14.2 Å². The first kappa shape index (κ1) is 20.7. The van der Waals surface area contributed by atoms with Gasteiger partial charge in [-0.05, 0) is 36.2 Å². The van der Waals surface area contributed by atoms with E-state index in [0.29, 0.717) is 54.3 Å². The Hall–Kier alpha value is -3.06. The topological polar surface area (TPSA) is 74.3 Å². The maximum atomic E-state index is 12.9. The highest BCUT2D eigenvalue weighted by atomic mass is 16.5. The first-order valence-corrected chi connectivity index (χ1v) is 9.33. The van der Waals surface area contributed by atoms with Crippen LogP contribution < -0.4 is 9.64 Å². The summed E-state index contributed by atoms with van der Waals surface area (Å²) in [6, 6.07) is 9.05. The lowest BCUT2D eigenvalue weighted by Gasteiger charge is -2.32. The molecule has 154 valence electrons. The van der Waals surface area contributed by atoms with Crippen LogP contribution in [0.3, 0.4) is 0 Å². The fourth-order valence-electron chi connectivity index (χ4n) is 3.57. The zero-order chi connectivity index (χ0) is 21.0. The molecule has 0 unspecified atom stereocenters. The number of hydrogen-bond acceptors (Lipinski definition) is 7. The standard InChI is InChI=1S/C22H25NO6/c1-14-13-17(23-9-11-29-12-10-23)20(22(25)28-4)19(18(14)21(24)27-3)15-5-7-16(26-2)8-6-15/h5-8,13H,9-12H2,1-4H3. The van der Waals surface area contributed by atoms with Crippen molar-refractivity contribution < 1.29 is 28.5 Å². The Labute approximate surface area is 170 Å². The van der Waals surface area contributed by atoms with E-state index in [1.54, 1.807) is 19.2 Å². The molecule has 3 rings (SSSR count). The van der Waals surface area contributed by atoms with Gasteiger partial charge in [0.15, 0.2) is 0 Å². The smallest absolute Gasteiger partial charge is 0.340 e. The van der Waals surface area contributed by atoms with Gasteiger partial charge >= 0.3 is 11.9 Å². The van der Waals surface area contributed by atoms with Crippen molar-refractivity contribution >= 4 is 17.6 Å². The zero-order valence-corrected chi connectivity index (χ0v) is 17.1. The number of esters is 2. The predicted octanol–water partition coefficient (Wildman–Crippen LogP) is 3.08. The molecule has 7 heteroatoms. The summed E-state index contributed by atoms with van der Waals surface area (Å²) in [6.45, 7) is 4.25. The molecular formula is C22H25NO6. The van der Waals surface area contributed by atoms with E-state index in [4.69, 9.17) is 18.9 Å². The molecule has 7 nitrogen and oxygen atoms in total. The molecule has 0 spiro atoms. The molecule has 2 aromatic carbocycles. The summed E-state index contributed by atoms with van der Waals surface area (Å²) in [5, 5.41) is 0. The van der Waals surface area contributed by atoms with Gasteiger partial charge in [-0.1, -0.05) is 12.1 Å². The second-order valence-corrected chi connectivity index (χ2v) is 6.65. The van der Waals surface area contributed by atoms with Crippen molar-refractivity contribution in [3.63, 3.8) is 0 Å². The van der Waals surface area contributed by atoms with Crippen molar-refractivity contribution in [3.05, 3.63) is 47.0 Å². The van der Waals surface area contributed by atoms with Crippen molar-refractivity contribution in [2.45, 2.75) is 6.92 Å². The fraction of sp³-hybridized carbons (Fsp3) is 0.364. The first-order chi connectivity index (χ1) is 14.0. The van der Waals surface area contributed by atoms with Crippen LogP contribution in [0.25, 0.3) is 11.1 Å². The Morgan fingerprint density at radius 3 is 2.07 bits per heavy atom. The molecule has 0 N–H and O–H groups in total. The molecule has 1 fully saturated rings. The number of carbonyl (C=O) groups is 2. The van der Waals surface area contributed by atoms with Gasteiger partial charge in [-0.15, -0.1) is 0 Å². The molecule has 1 heterocycles. The summed E-state index contributed by atoms with van der Waals surface area (Å²) < 4.78 is 20.8. The number of anilines is 1. The highest BCUT2D eigenvalue weighted by Gasteiger charge is 2.30. The van der Waals surface area contributed by atoms with E-state index in [0.717, 1.165) is 11.3 Å². The molecule has 0 radical (unpaired) electrons. The minimum absolute atomic E-state index is 0.338. The van der Waals surface area contributed by atoms with Crippen molar-refractivity contribution in [3.8, 4) is 16.9 Å². The van der Waals surface area contributed by atoms with Gasteiger partial charge in [0, 0.05) is 18.7 Å². The number of aryl methyl sites for hydroxylation is 1. The Morgan fingerprint density at radius 1 is 0.931 bits per heavy atom. The van der Waals surface area contributed by atoms with Gasteiger partial charge in [0.05, 0.1) is 51.4 Å². The predicted molar refractivity (Wildman–Crippen MR) is 109 cm³/mol. The normalized spacial score (nSPS) is 13.7. The van der Waals surface area contributed by atoms with Crippen LogP contribution in [0.4, 0.5) is 5.69 Å². The van der Waals surface area contributed by atoms with Gasteiger partial charge in [0.2, 0.25) is 0 Å². The van der Waals surface area contributed by atoms with Crippen LogP contribution >= 0.6 is 0 Å².